The van der Waals surface area contributed by atoms with E-state index in [4.69, 9.17) is 0 Å². The molecule has 0 aliphatic rings. The van der Waals surface area contributed by atoms with Crippen molar-refractivity contribution in [2.75, 3.05) is 13.1 Å². The largest absolute Gasteiger partial charge is 0.343 e. The molecule has 2 amide bonds. The molecule has 1 unspecified atom stereocenters. The fraction of sp³-hybridized carbons (Fsp3) is 0.188. The molecule has 4 aromatic carbocycles. The van der Waals surface area contributed by atoms with Crippen molar-refractivity contribution in [3.63, 3.8) is 0 Å². The van der Waals surface area contributed by atoms with Gasteiger partial charge < -0.3 is 4.90 Å². The molecule has 0 saturated carbocycles. The summed E-state index contributed by atoms with van der Waals surface area (Å²) in [6, 6.07) is 29.5. The molecule has 0 spiro atoms. The Bertz CT molecular complexity index is 1580. The van der Waals surface area contributed by atoms with Crippen LogP contribution in [0.4, 0.5) is 0 Å². The fourth-order valence-electron chi connectivity index (χ4n) is 4.40. The number of benzene rings is 4. The predicted molar refractivity (Wildman–Crippen MR) is 156 cm³/mol. The third-order valence-electron chi connectivity index (χ3n) is 6.64. The van der Waals surface area contributed by atoms with Gasteiger partial charge in [-0.15, -0.1) is 0 Å². The Morgan fingerprint density at radius 2 is 1.36 bits per heavy atom. The third kappa shape index (κ3) is 7.00. The molecule has 0 radical (unpaired) electrons. The lowest BCUT2D eigenvalue weighted by atomic mass is 9.96. The van der Waals surface area contributed by atoms with Crippen LogP contribution in [0, 0.1) is 5.92 Å². The third-order valence-corrected chi connectivity index (χ3v) is 7.99. The van der Waals surface area contributed by atoms with Crippen molar-refractivity contribution in [2.24, 2.45) is 5.92 Å². The van der Waals surface area contributed by atoms with Crippen LogP contribution in [0.2, 0.25) is 0 Å². The van der Waals surface area contributed by atoms with E-state index in [2.05, 4.69) is 4.72 Å². The first kappa shape index (κ1) is 27.8. The molecule has 200 valence electrons. The highest BCUT2D eigenvalue weighted by molar-refractivity contribution is 7.90. The topological polar surface area (TPSA) is 83.6 Å². The second kappa shape index (κ2) is 12.5. The van der Waals surface area contributed by atoms with E-state index in [9.17, 15) is 18.0 Å². The van der Waals surface area contributed by atoms with Crippen molar-refractivity contribution >= 4 is 44.8 Å². The molecule has 0 aliphatic carbocycles. The summed E-state index contributed by atoms with van der Waals surface area (Å²) in [7, 11) is -4.18. The molecule has 4 aromatic rings. The zero-order valence-corrected chi connectivity index (χ0v) is 22.9. The Kier molecular flexibility index (Phi) is 8.94. The van der Waals surface area contributed by atoms with Gasteiger partial charge >= 0.3 is 0 Å². The number of nitrogens with zero attached hydrogens (tertiary/aromatic N) is 1. The van der Waals surface area contributed by atoms with Gasteiger partial charge in [-0.3, -0.25) is 9.59 Å². The van der Waals surface area contributed by atoms with E-state index in [1.165, 1.54) is 12.1 Å². The summed E-state index contributed by atoms with van der Waals surface area (Å²) in [5, 5.41) is 1.63. The van der Waals surface area contributed by atoms with Gasteiger partial charge in [-0.25, -0.2) is 13.1 Å². The average molecular weight is 541 g/mol. The summed E-state index contributed by atoms with van der Waals surface area (Å²) in [6.07, 6.45) is 4.07. The Hall–Kier alpha value is -4.23. The number of rotatable bonds is 10. The summed E-state index contributed by atoms with van der Waals surface area (Å²) >= 11 is 0. The molecule has 0 heterocycles. The highest BCUT2D eigenvalue weighted by Gasteiger charge is 2.33. The van der Waals surface area contributed by atoms with Crippen LogP contribution in [0.1, 0.15) is 30.5 Å². The van der Waals surface area contributed by atoms with Crippen molar-refractivity contribution in [3.05, 3.63) is 114 Å². The molecular weight excluding hydrogens is 508 g/mol. The standard InChI is InChI=1S/C32H32N2O4S/c1-3-34(4-2)32(36)30(22-26-18-16-25(17-19-26)15-14-24-10-6-5-7-11-24)31(35)33-39(37,38)29-21-20-27-12-8-9-13-28(27)23-29/h5-21,23,30H,3-4,22H2,1-2H3,(H,33,35). The van der Waals surface area contributed by atoms with Crippen LogP contribution in [0.15, 0.2) is 102 Å². The molecule has 1 atom stereocenters. The zero-order chi connectivity index (χ0) is 27.8. The minimum absolute atomic E-state index is 0.0295. The maximum absolute atomic E-state index is 13.4. The van der Waals surface area contributed by atoms with Gasteiger partial charge in [0.1, 0.15) is 5.92 Å². The van der Waals surface area contributed by atoms with Crippen LogP contribution in [0.5, 0.6) is 0 Å². The van der Waals surface area contributed by atoms with Crippen molar-refractivity contribution in [3.8, 4) is 0 Å². The molecule has 0 fully saturated rings. The van der Waals surface area contributed by atoms with Gasteiger partial charge in [0.05, 0.1) is 4.90 Å². The lowest BCUT2D eigenvalue weighted by Crippen LogP contribution is -2.46. The summed E-state index contributed by atoms with van der Waals surface area (Å²) in [5.74, 6) is -2.43. The maximum Gasteiger partial charge on any atom is 0.264 e. The molecule has 1 N–H and O–H groups in total. The lowest BCUT2D eigenvalue weighted by Gasteiger charge is -2.24. The molecule has 0 aromatic heterocycles. The number of nitrogens with one attached hydrogen (secondary N) is 1. The number of hydrogen-bond acceptors (Lipinski definition) is 4. The molecule has 6 nitrogen and oxygen atoms in total. The smallest absolute Gasteiger partial charge is 0.264 e. The Morgan fingerprint density at radius 3 is 2.00 bits per heavy atom. The SMILES string of the molecule is CCN(CC)C(=O)C(Cc1ccc(C=Cc2ccccc2)cc1)C(=O)NS(=O)(=O)c1ccc2ccccc2c1. The molecule has 0 bridgehead atoms. The van der Waals surface area contributed by atoms with Gasteiger partial charge in [0, 0.05) is 13.1 Å². The Labute approximate surface area is 230 Å². The maximum atomic E-state index is 13.4. The van der Waals surface area contributed by atoms with Crippen LogP contribution >= 0.6 is 0 Å². The minimum Gasteiger partial charge on any atom is -0.343 e. The van der Waals surface area contributed by atoms with Crippen molar-refractivity contribution in [1.29, 1.82) is 0 Å². The Morgan fingerprint density at radius 1 is 0.769 bits per heavy atom. The second-order valence-electron chi connectivity index (χ2n) is 9.23. The van der Waals surface area contributed by atoms with E-state index < -0.39 is 27.8 Å². The monoisotopic (exact) mass is 540 g/mol. The molecule has 0 aliphatic heterocycles. The fourth-order valence-corrected chi connectivity index (χ4v) is 5.46. The van der Waals surface area contributed by atoms with E-state index in [1.54, 1.807) is 11.0 Å². The number of carbonyl (C=O) groups is 2. The number of amides is 2. The van der Waals surface area contributed by atoms with E-state index in [0.717, 1.165) is 27.5 Å². The van der Waals surface area contributed by atoms with Crippen LogP contribution in [0.3, 0.4) is 0 Å². The summed E-state index contributed by atoms with van der Waals surface area (Å²) in [4.78, 5) is 28.2. The van der Waals surface area contributed by atoms with Crippen molar-refractivity contribution in [2.45, 2.75) is 25.2 Å². The van der Waals surface area contributed by atoms with Gasteiger partial charge in [-0.05, 0) is 59.9 Å². The second-order valence-corrected chi connectivity index (χ2v) is 10.9. The number of hydrogen-bond donors (Lipinski definition) is 1. The molecule has 0 saturated heterocycles. The quantitative estimate of drug-likeness (QED) is 0.211. The summed E-state index contributed by atoms with van der Waals surface area (Å²) in [6.45, 7) is 4.49. The first-order valence-corrected chi connectivity index (χ1v) is 14.5. The molecular formula is C32H32N2O4S. The van der Waals surface area contributed by atoms with E-state index in [0.29, 0.717) is 13.1 Å². The number of sulfonamides is 1. The number of fused-ring (bicyclic) bond motifs is 1. The van der Waals surface area contributed by atoms with Crippen LogP contribution < -0.4 is 4.72 Å². The molecule has 7 heteroatoms. The lowest BCUT2D eigenvalue weighted by molar-refractivity contribution is -0.141. The highest BCUT2D eigenvalue weighted by Crippen LogP contribution is 2.20. The minimum atomic E-state index is -4.18. The highest BCUT2D eigenvalue weighted by atomic mass is 32.2. The molecule has 4 rings (SSSR count). The van der Waals surface area contributed by atoms with Crippen LogP contribution in [-0.2, 0) is 26.0 Å². The van der Waals surface area contributed by atoms with Crippen LogP contribution in [0.25, 0.3) is 22.9 Å². The average Bonchev–Trinajstić information content (AvgIpc) is 2.96. The summed E-state index contributed by atoms with van der Waals surface area (Å²) < 4.78 is 28.5. The molecule has 39 heavy (non-hydrogen) atoms. The first-order valence-electron chi connectivity index (χ1n) is 13.0. The van der Waals surface area contributed by atoms with Crippen molar-refractivity contribution in [1.82, 2.24) is 9.62 Å². The zero-order valence-electron chi connectivity index (χ0n) is 22.1. The predicted octanol–water partition coefficient (Wildman–Crippen LogP) is 5.54. The van der Waals surface area contributed by atoms with Gasteiger partial charge in [-0.2, -0.15) is 0 Å². The summed E-state index contributed by atoms with van der Waals surface area (Å²) in [5.41, 5.74) is 2.81. The van der Waals surface area contributed by atoms with Gasteiger partial charge in [0.25, 0.3) is 10.0 Å². The van der Waals surface area contributed by atoms with Crippen molar-refractivity contribution < 1.29 is 18.0 Å². The van der Waals surface area contributed by atoms with Crippen LogP contribution in [-0.4, -0.2) is 38.2 Å². The van der Waals surface area contributed by atoms with E-state index in [-0.39, 0.29) is 11.3 Å². The van der Waals surface area contributed by atoms with E-state index in [1.807, 2.05) is 105 Å². The van der Waals surface area contributed by atoms with Gasteiger partial charge in [-0.1, -0.05) is 97.1 Å². The Balaban J connectivity index is 1.55. The first-order chi connectivity index (χ1) is 18.8. The van der Waals surface area contributed by atoms with E-state index >= 15 is 0 Å². The number of carbonyl (C=O) groups excluding carboxylic acids is 2. The van der Waals surface area contributed by atoms with Gasteiger partial charge in [0.15, 0.2) is 0 Å². The van der Waals surface area contributed by atoms with Gasteiger partial charge in [0.2, 0.25) is 11.8 Å². The normalized spacial score (nSPS) is 12.4.